The van der Waals surface area contributed by atoms with Gasteiger partial charge in [0.1, 0.15) is 5.82 Å². The molecule has 20 heavy (non-hydrogen) atoms. The number of halogens is 2. The molecule has 2 aromatic rings. The van der Waals surface area contributed by atoms with Gasteiger partial charge in [0.15, 0.2) is 0 Å². The monoisotopic (exact) mass is 294 g/mol. The Kier molecular flexibility index (Phi) is 4.19. The highest BCUT2D eigenvalue weighted by atomic mass is 35.5. The lowest BCUT2D eigenvalue weighted by molar-refractivity contribution is 0.571. The van der Waals surface area contributed by atoms with Crippen molar-refractivity contribution in [1.82, 2.24) is 4.98 Å². The van der Waals surface area contributed by atoms with Gasteiger partial charge in [-0.2, -0.15) is 0 Å². The largest absolute Gasteiger partial charge is 0.384 e. The average Bonchev–Trinajstić information content (AvgIpc) is 2.36. The van der Waals surface area contributed by atoms with Crippen molar-refractivity contribution in [2.45, 2.75) is 39.5 Å². The predicted molar refractivity (Wildman–Crippen MR) is 84.2 cm³/mol. The fraction of sp³-hybridized carbons (Fsp3) is 0.438. The first kappa shape index (κ1) is 15.0. The van der Waals surface area contributed by atoms with Gasteiger partial charge in [-0.15, -0.1) is 0 Å². The van der Waals surface area contributed by atoms with Crippen LogP contribution in [-0.4, -0.2) is 11.5 Å². The van der Waals surface area contributed by atoms with Crippen molar-refractivity contribution in [2.24, 2.45) is 0 Å². The maximum atomic E-state index is 13.7. The third kappa shape index (κ3) is 3.04. The number of hydrogen-bond acceptors (Lipinski definition) is 2. The van der Waals surface area contributed by atoms with Gasteiger partial charge >= 0.3 is 0 Å². The lowest BCUT2D eigenvalue weighted by Gasteiger charge is -2.20. The number of fused-ring (bicyclic) bond motifs is 1. The molecule has 0 unspecified atom stereocenters. The first-order valence-electron chi connectivity index (χ1n) is 6.87. The summed E-state index contributed by atoms with van der Waals surface area (Å²) in [5, 5.41) is 4.36. The van der Waals surface area contributed by atoms with Crippen molar-refractivity contribution in [3.05, 3.63) is 34.7 Å². The Balaban J connectivity index is 2.68. The standard InChI is InChI=1S/C16H20ClFN2/c1-5-6-19-13-9-15(16(2,3)4)20-14-8-12(18)11(17)7-10(13)14/h7-9H,5-6H2,1-4H3,(H,19,20). The maximum Gasteiger partial charge on any atom is 0.143 e. The van der Waals surface area contributed by atoms with Crippen LogP contribution in [0.5, 0.6) is 0 Å². The molecule has 1 N–H and O–H groups in total. The molecular formula is C16H20ClFN2. The van der Waals surface area contributed by atoms with Crippen LogP contribution in [0.2, 0.25) is 5.02 Å². The molecule has 0 amide bonds. The van der Waals surface area contributed by atoms with E-state index in [2.05, 4.69) is 38.0 Å². The molecule has 0 aliphatic carbocycles. The lowest BCUT2D eigenvalue weighted by atomic mass is 9.90. The summed E-state index contributed by atoms with van der Waals surface area (Å²) < 4.78 is 13.7. The number of rotatable bonds is 3. The van der Waals surface area contributed by atoms with E-state index in [0.29, 0.717) is 5.52 Å². The smallest absolute Gasteiger partial charge is 0.143 e. The molecule has 1 heterocycles. The van der Waals surface area contributed by atoms with Gasteiger partial charge in [-0.3, -0.25) is 4.98 Å². The second-order valence-electron chi connectivity index (χ2n) is 6.02. The summed E-state index contributed by atoms with van der Waals surface area (Å²) in [6.07, 6.45) is 1.02. The third-order valence-electron chi connectivity index (χ3n) is 3.18. The Labute approximate surface area is 124 Å². The molecule has 4 heteroatoms. The molecule has 2 nitrogen and oxygen atoms in total. The highest BCUT2D eigenvalue weighted by Crippen LogP contribution is 2.32. The van der Waals surface area contributed by atoms with E-state index >= 15 is 0 Å². The highest BCUT2D eigenvalue weighted by molar-refractivity contribution is 6.31. The zero-order valence-corrected chi connectivity index (χ0v) is 13.1. The fourth-order valence-electron chi connectivity index (χ4n) is 2.01. The maximum absolute atomic E-state index is 13.7. The molecule has 0 aliphatic rings. The molecule has 2 rings (SSSR count). The van der Waals surface area contributed by atoms with Crippen LogP contribution >= 0.6 is 11.6 Å². The van der Waals surface area contributed by atoms with Crippen molar-refractivity contribution < 1.29 is 4.39 Å². The molecule has 0 atom stereocenters. The number of aromatic nitrogens is 1. The average molecular weight is 295 g/mol. The van der Waals surface area contributed by atoms with Gasteiger partial charge in [0, 0.05) is 34.8 Å². The molecule has 0 saturated heterocycles. The summed E-state index contributed by atoms with van der Waals surface area (Å²) in [6.45, 7) is 9.25. The summed E-state index contributed by atoms with van der Waals surface area (Å²) in [4.78, 5) is 4.58. The zero-order chi connectivity index (χ0) is 14.9. The van der Waals surface area contributed by atoms with Crippen LogP contribution in [0.4, 0.5) is 10.1 Å². The van der Waals surface area contributed by atoms with Crippen LogP contribution in [0.25, 0.3) is 10.9 Å². The lowest BCUT2D eigenvalue weighted by Crippen LogP contribution is -2.14. The van der Waals surface area contributed by atoms with E-state index in [1.165, 1.54) is 6.07 Å². The van der Waals surface area contributed by atoms with E-state index in [9.17, 15) is 4.39 Å². The number of benzene rings is 1. The quantitative estimate of drug-likeness (QED) is 0.847. The van der Waals surface area contributed by atoms with E-state index in [1.807, 2.05) is 6.07 Å². The first-order valence-corrected chi connectivity index (χ1v) is 7.25. The van der Waals surface area contributed by atoms with Gasteiger partial charge < -0.3 is 5.32 Å². The molecule has 0 aliphatic heterocycles. The molecule has 1 aromatic heterocycles. The van der Waals surface area contributed by atoms with Crippen LogP contribution < -0.4 is 5.32 Å². The number of nitrogens with zero attached hydrogens (tertiary/aromatic N) is 1. The summed E-state index contributed by atoms with van der Waals surface area (Å²) in [5.74, 6) is -0.431. The molecule has 0 radical (unpaired) electrons. The van der Waals surface area contributed by atoms with Crippen LogP contribution in [0.3, 0.4) is 0 Å². The predicted octanol–water partition coefficient (Wildman–Crippen LogP) is 5.15. The van der Waals surface area contributed by atoms with Gasteiger partial charge in [-0.25, -0.2) is 4.39 Å². The Morgan fingerprint density at radius 3 is 2.55 bits per heavy atom. The number of hydrogen-bond donors (Lipinski definition) is 1. The highest BCUT2D eigenvalue weighted by Gasteiger charge is 2.18. The van der Waals surface area contributed by atoms with Crippen LogP contribution in [0.1, 0.15) is 39.8 Å². The molecule has 0 bridgehead atoms. The molecular weight excluding hydrogens is 275 g/mol. The summed E-state index contributed by atoms with van der Waals surface area (Å²) in [7, 11) is 0. The van der Waals surface area contributed by atoms with Gasteiger partial charge in [-0.05, 0) is 18.6 Å². The summed E-state index contributed by atoms with van der Waals surface area (Å²) >= 11 is 5.89. The van der Waals surface area contributed by atoms with Crippen molar-refractivity contribution >= 4 is 28.2 Å². The van der Waals surface area contributed by atoms with E-state index in [0.717, 1.165) is 29.7 Å². The second-order valence-corrected chi connectivity index (χ2v) is 6.42. The van der Waals surface area contributed by atoms with Gasteiger partial charge in [0.05, 0.1) is 10.5 Å². The number of pyridine rings is 1. The molecule has 0 fully saturated rings. The van der Waals surface area contributed by atoms with Crippen molar-refractivity contribution in [1.29, 1.82) is 0 Å². The molecule has 1 aromatic carbocycles. The second kappa shape index (κ2) is 5.57. The van der Waals surface area contributed by atoms with E-state index < -0.39 is 5.82 Å². The van der Waals surface area contributed by atoms with Crippen molar-refractivity contribution in [3.63, 3.8) is 0 Å². The van der Waals surface area contributed by atoms with Gasteiger partial charge in [0.25, 0.3) is 0 Å². The van der Waals surface area contributed by atoms with Gasteiger partial charge in [-0.1, -0.05) is 39.3 Å². The van der Waals surface area contributed by atoms with Crippen LogP contribution in [0.15, 0.2) is 18.2 Å². The summed E-state index contributed by atoms with van der Waals surface area (Å²) in [6, 6.07) is 5.08. The van der Waals surface area contributed by atoms with E-state index in [4.69, 9.17) is 11.6 Å². The zero-order valence-electron chi connectivity index (χ0n) is 12.3. The normalized spacial score (nSPS) is 11.9. The molecule has 0 saturated carbocycles. The minimum atomic E-state index is -0.431. The van der Waals surface area contributed by atoms with Crippen molar-refractivity contribution in [3.8, 4) is 0 Å². The van der Waals surface area contributed by atoms with Crippen LogP contribution in [-0.2, 0) is 5.41 Å². The minimum absolute atomic E-state index is 0.0903. The van der Waals surface area contributed by atoms with E-state index in [1.54, 1.807) is 6.07 Å². The Bertz CT molecular complexity index is 632. The Morgan fingerprint density at radius 1 is 1.25 bits per heavy atom. The Morgan fingerprint density at radius 2 is 1.95 bits per heavy atom. The fourth-order valence-corrected chi connectivity index (χ4v) is 2.17. The molecule has 0 spiro atoms. The third-order valence-corrected chi connectivity index (χ3v) is 3.47. The van der Waals surface area contributed by atoms with Gasteiger partial charge in [0.2, 0.25) is 0 Å². The van der Waals surface area contributed by atoms with E-state index in [-0.39, 0.29) is 10.4 Å². The van der Waals surface area contributed by atoms with Crippen LogP contribution in [0, 0.1) is 5.82 Å². The molecule has 108 valence electrons. The Hall–Kier alpha value is -1.35. The summed E-state index contributed by atoms with van der Waals surface area (Å²) in [5.41, 5.74) is 2.44. The number of nitrogens with one attached hydrogen (secondary N) is 1. The SMILES string of the molecule is CCCNc1cc(C(C)(C)C)nc2cc(F)c(Cl)cc12. The van der Waals surface area contributed by atoms with Crippen molar-refractivity contribution in [2.75, 3.05) is 11.9 Å². The minimum Gasteiger partial charge on any atom is -0.384 e. The first-order chi connectivity index (χ1) is 9.32. The number of anilines is 1. The topological polar surface area (TPSA) is 24.9 Å².